The van der Waals surface area contributed by atoms with Gasteiger partial charge in [-0.25, -0.2) is 4.79 Å². The van der Waals surface area contributed by atoms with Crippen LogP contribution in [0.15, 0.2) is 23.1 Å². The molecule has 0 unspecified atom stereocenters. The van der Waals surface area contributed by atoms with Gasteiger partial charge in [0.2, 0.25) is 0 Å². The van der Waals surface area contributed by atoms with E-state index < -0.39 is 18.9 Å². The van der Waals surface area contributed by atoms with Crippen LogP contribution in [-0.4, -0.2) is 29.8 Å². The maximum absolute atomic E-state index is 11.7. The third-order valence-corrected chi connectivity index (χ3v) is 3.07. The molecule has 0 fully saturated rings. The number of carboxylic acids is 1. The Labute approximate surface area is 110 Å². The molecule has 8 heteroatoms. The molecule has 0 radical (unpaired) electrons. The van der Waals surface area contributed by atoms with Crippen molar-refractivity contribution in [1.29, 1.82) is 0 Å². The average molecular weight is 301 g/mol. The molecule has 1 aromatic carbocycles. The highest BCUT2D eigenvalue weighted by molar-refractivity contribution is 7.99. The van der Waals surface area contributed by atoms with Gasteiger partial charge in [-0.2, -0.15) is 0 Å². The maximum atomic E-state index is 11.7. The van der Waals surface area contributed by atoms with Gasteiger partial charge in [0.1, 0.15) is 0 Å². The van der Waals surface area contributed by atoms with Crippen molar-refractivity contribution in [3.05, 3.63) is 28.8 Å². The number of ether oxygens (including phenoxy) is 1. The summed E-state index contributed by atoms with van der Waals surface area (Å²) in [5.41, 5.74) is -0.0848. The molecule has 0 saturated carbocycles. The van der Waals surface area contributed by atoms with Gasteiger partial charge in [-0.3, -0.25) is 4.74 Å². The predicted octanol–water partition coefficient (Wildman–Crippen LogP) is 3.67. The van der Waals surface area contributed by atoms with E-state index in [2.05, 4.69) is 4.74 Å². The monoisotopic (exact) mass is 300 g/mol. The smallest absolute Gasteiger partial charge is 0.478 e. The first-order valence-electron chi connectivity index (χ1n) is 4.66. The zero-order valence-corrected chi connectivity index (χ0v) is 10.4. The van der Waals surface area contributed by atoms with Crippen molar-refractivity contribution in [1.82, 2.24) is 0 Å². The molecule has 0 heterocycles. The van der Waals surface area contributed by atoms with E-state index in [0.29, 0.717) is 4.90 Å². The van der Waals surface area contributed by atoms with Crippen LogP contribution in [0, 0.1) is 0 Å². The lowest BCUT2D eigenvalue weighted by atomic mass is 10.2. The Bertz CT molecular complexity index is 437. The fourth-order valence-corrected chi connectivity index (χ4v) is 2.04. The number of alkyl halides is 3. The first kappa shape index (κ1) is 15.1. The summed E-state index contributed by atoms with van der Waals surface area (Å²) in [6, 6.07) is 4.23. The third-order valence-electron chi connectivity index (χ3n) is 1.79. The number of carbonyl (C=O) groups is 1. The van der Waals surface area contributed by atoms with Gasteiger partial charge in [0, 0.05) is 10.6 Å². The number of hydrogen-bond acceptors (Lipinski definition) is 3. The first-order valence-corrected chi connectivity index (χ1v) is 6.02. The zero-order chi connectivity index (χ0) is 13.8. The lowest BCUT2D eigenvalue weighted by molar-refractivity contribution is -0.322. The highest BCUT2D eigenvalue weighted by Crippen LogP contribution is 2.25. The molecule has 0 saturated heterocycles. The van der Waals surface area contributed by atoms with Crippen LogP contribution >= 0.6 is 23.4 Å². The van der Waals surface area contributed by atoms with Crippen LogP contribution in [0.3, 0.4) is 0 Å². The van der Waals surface area contributed by atoms with Gasteiger partial charge in [0.05, 0.1) is 17.2 Å². The van der Waals surface area contributed by atoms with Gasteiger partial charge < -0.3 is 5.11 Å². The Morgan fingerprint density at radius 2 is 2.11 bits per heavy atom. The van der Waals surface area contributed by atoms with Gasteiger partial charge in [-0.05, 0) is 18.2 Å². The molecule has 3 nitrogen and oxygen atoms in total. The molecule has 0 bridgehead atoms. The zero-order valence-electron chi connectivity index (χ0n) is 8.83. The van der Waals surface area contributed by atoms with Crippen LogP contribution < -0.4 is 0 Å². The fraction of sp³-hybridized carbons (Fsp3) is 0.300. The van der Waals surface area contributed by atoms with E-state index in [1.807, 2.05) is 0 Å². The number of carboxylic acid groups (broad SMARTS) is 1. The maximum Gasteiger partial charge on any atom is 0.522 e. The van der Waals surface area contributed by atoms with Gasteiger partial charge >= 0.3 is 12.3 Å². The Balaban J connectivity index is 2.53. The van der Waals surface area contributed by atoms with E-state index in [0.717, 1.165) is 11.8 Å². The van der Waals surface area contributed by atoms with E-state index in [9.17, 15) is 18.0 Å². The van der Waals surface area contributed by atoms with E-state index in [-0.39, 0.29) is 16.3 Å². The van der Waals surface area contributed by atoms with Crippen LogP contribution in [0.25, 0.3) is 0 Å². The van der Waals surface area contributed by atoms with Crippen LogP contribution in [0.1, 0.15) is 10.4 Å². The van der Waals surface area contributed by atoms with Crippen molar-refractivity contribution in [3.63, 3.8) is 0 Å². The summed E-state index contributed by atoms with van der Waals surface area (Å²) in [5, 5.41) is 8.88. The molecule has 0 amide bonds. The third kappa shape index (κ3) is 5.16. The Kier molecular flexibility index (Phi) is 5.30. The molecule has 0 atom stereocenters. The van der Waals surface area contributed by atoms with Crippen molar-refractivity contribution in [2.45, 2.75) is 11.3 Å². The van der Waals surface area contributed by atoms with Crippen LogP contribution in [0.2, 0.25) is 5.02 Å². The molecule has 0 aliphatic rings. The predicted molar refractivity (Wildman–Crippen MR) is 61.1 cm³/mol. The van der Waals surface area contributed by atoms with Crippen LogP contribution in [0.4, 0.5) is 13.2 Å². The summed E-state index contributed by atoms with van der Waals surface area (Å²) in [7, 11) is 0. The quantitative estimate of drug-likeness (QED) is 0.666. The van der Waals surface area contributed by atoms with E-state index in [1.165, 1.54) is 18.2 Å². The number of aromatic carboxylic acids is 1. The summed E-state index contributed by atoms with van der Waals surface area (Å²) in [6.45, 7) is -0.501. The molecule has 18 heavy (non-hydrogen) atoms. The topological polar surface area (TPSA) is 46.5 Å². The van der Waals surface area contributed by atoms with Crippen LogP contribution in [-0.2, 0) is 4.74 Å². The second-order valence-corrected chi connectivity index (χ2v) is 4.66. The molecule has 1 rings (SSSR count). The van der Waals surface area contributed by atoms with Crippen molar-refractivity contribution in [2.24, 2.45) is 0 Å². The minimum absolute atomic E-state index is 0.0558. The summed E-state index contributed by atoms with van der Waals surface area (Å²) in [6.07, 6.45) is -4.65. The lowest BCUT2D eigenvalue weighted by Gasteiger charge is -2.07. The Hall–Kier alpha value is -0.920. The molecule has 1 N–H and O–H groups in total. The minimum Gasteiger partial charge on any atom is -0.478 e. The second kappa shape index (κ2) is 6.31. The standard InChI is InChI=1S/C10H8ClF3O3S/c11-8-2-1-6(5-7(8)9(15)16)18-4-3-17-10(12,13)14/h1-2,5H,3-4H2,(H,15,16). The highest BCUT2D eigenvalue weighted by Gasteiger charge is 2.28. The number of rotatable bonds is 5. The SMILES string of the molecule is O=C(O)c1cc(SCCOC(F)(F)F)ccc1Cl. The highest BCUT2D eigenvalue weighted by atomic mass is 35.5. The fourth-order valence-electron chi connectivity index (χ4n) is 1.07. The van der Waals surface area contributed by atoms with Gasteiger partial charge in [-0.15, -0.1) is 24.9 Å². The van der Waals surface area contributed by atoms with Gasteiger partial charge in [0.15, 0.2) is 0 Å². The summed E-state index contributed by atoms with van der Waals surface area (Å²) >= 11 is 6.70. The first-order chi connectivity index (χ1) is 8.29. The van der Waals surface area contributed by atoms with Gasteiger partial charge in [-0.1, -0.05) is 11.6 Å². The Morgan fingerprint density at radius 3 is 2.67 bits per heavy atom. The molecule has 100 valence electrons. The molecular weight excluding hydrogens is 293 g/mol. The summed E-state index contributed by atoms with van der Waals surface area (Å²) < 4.78 is 38.6. The molecular formula is C10H8ClF3O3S. The van der Waals surface area contributed by atoms with Gasteiger partial charge in [0.25, 0.3) is 0 Å². The molecule has 0 spiro atoms. The summed E-state index contributed by atoms with van der Waals surface area (Å²) in [5.74, 6) is -1.13. The number of benzene rings is 1. The van der Waals surface area contributed by atoms with Crippen molar-refractivity contribution >= 4 is 29.3 Å². The minimum atomic E-state index is -4.65. The molecule has 0 aliphatic carbocycles. The summed E-state index contributed by atoms with van der Waals surface area (Å²) in [4.78, 5) is 11.3. The number of hydrogen-bond donors (Lipinski definition) is 1. The van der Waals surface area contributed by atoms with Crippen molar-refractivity contribution < 1.29 is 27.8 Å². The lowest BCUT2D eigenvalue weighted by Crippen LogP contribution is -2.15. The number of thioether (sulfide) groups is 1. The van der Waals surface area contributed by atoms with Crippen molar-refractivity contribution in [3.8, 4) is 0 Å². The molecule has 1 aromatic rings. The second-order valence-electron chi connectivity index (χ2n) is 3.09. The molecule has 0 aromatic heterocycles. The van der Waals surface area contributed by atoms with E-state index in [1.54, 1.807) is 0 Å². The largest absolute Gasteiger partial charge is 0.522 e. The number of halogens is 4. The van der Waals surface area contributed by atoms with Crippen LogP contribution in [0.5, 0.6) is 0 Å². The molecule has 0 aliphatic heterocycles. The average Bonchev–Trinajstić information content (AvgIpc) is 2.24. The normalized spacial score (nSPS) is 11.6. The van der Waals surface area contributed by atoms with Crippen molar-refractivity contribution in [2.75, 3.05) is 12.4 Å². The van der Waals surface area contributed by atoms with E-state index in [4.69, 9.17) is 16.7 Å². The Morgan fingerprint density at radius 1 is 1.44 bits per heavy atom. The van der Waals surface area contributed by atoms with E-state index >= 15 is 0 Å².